The van der Waals surface area contributed by atoms with E-state index in [9.17, 15) is 4.79 Å². The van der Waals surface area contributed by atoms with Crippen LogP contribution in [0.2, 0.25) is 0 Å². The summed E-state index contributed by atoms with van der Waals surface area (Å²) >= 11 is 2.01. The van der Waals surface area contributed by atoms with Crippen molar-refractivity contribution in [3.8, 4) is 0 Å². The van der Waals surface area contributed by atoms with E-state index in [4.69, 9.17) is 5.11 Å². The molecule has 1 fully saturated rings. The molecule has 1 saturated heterocycles. The van der Waals surface area contributed by atoms with Crippen LogP contribution in [0.4, 0.5) is 0 Å². The van der Waals surface area contributed by atoms with Crippen LogP contribution in [-0.4, -0.2) is 46.1 Å². The van der Waals surface area contributed by atoms with Gasteiger partial charge >= 0.3 is 5.97 Å². The van der Waals surface area contributed by atoms with E-state index in [2.05, 4.69) is 18.7 Å². The summed E-state index contributed by atoms with van der Waals surface area (Å²) in [5.41, 5.74) is 0. The minimum absolute atomic E-state index is 0.296. The number of carboxylic acids is 1. The number of thioether (sulfide) groups is 1. The number of aliphatic carboxylic acids is 1. The van der Waals surface area contributed by atoms with Crippen LogP contribution in [0.25, 0.3) is 0 Å². The lowest BCUT2D eigenvalue weighted by Gasteiger charge is -2.37. The van der Waals surface area contributed by atoms with E-state index in [1.807, 2.05) is 11.8 Å². The molecule has 0 aliphatic carbocycles. The highest BCUT2D eigenvalue weighted by molar-refractivity contribution is 8.00. The molecule has 1 aliphatic rings. The van der Waals surface area contributed by atoms with Crippen LogP contribution in [-0.2, 0) is 4.79 Å². The molecular formula is C10H19NO2S. The molecule has 14 heavy (non-hydrogen) atoms. The number of carboxylic acid groups (broad SMARTS) is 1. The molecule has 1 N–H and O–H groups in total. The number of rotatable bonds is 4. The van der Waals surface area contributed by atoms with Gasteiger partial charge in [-0.05, 0) is 19.9 Å². The van der Waals surface area contributed by atoms with E-state index in [0.29, 0.717) is 17.7 Å². The van der Waals surface area contributed by atoms with Crippen LogP contribution >= 0.6 is 11.8 Å². The fraction of sp³-hybridized carbons (Fsp3) is 0.900. The summed E-state index contributed by atoms with van der Waals surface area (Å²) in [7, 11) is 0. The van der Waals surface area contributed by atoms with Crippen LogP contribution in [0.5, 0.6) is 0 Å². The second kappa shape index (κ2) is 5.61. The number of carbonyl (C=O) groups is 1. The van der Waals surface area contributed by atoms with Gasteiger partial charge in [0.05, 0.1) is 0 Å². The smallest absolute Gasteiger partial charge is 0.303 e. The second-order valence-corrected chi connectivity index (χ2v) is 5.33. The van der Waals surface area contributed by atoms with Crippen molar-refractivity contribution in [2.24, 2.45) is 0 Å². The molecule has 1 aliphatic heterocycles. The van der Waals surface area contributed by atoms with Crippen LogP contribution in [0.15, 0.2) is 0 Å². The summed E-state index contributed by atoms with van der Waals surface area (Å²) in [4.78, 5) is 12.8. The largest absolute Gasteiger partial charge is 0.481 e. The van der Waals surface area contributed by atoms with Crippen molar-refractivity contribution >= 4 is 17.7 Å². The molecule has 0 saturated carbocycles. The maximum atomic E-state index is 10.4. The molecule has 1 rings (SSSR count). The summed E-state index contributed by atoms with van der Waals surface area (Å²) in [6, 6.07) is 0.586. The van der Waals surface area contributed by atoms with Gasteiger partial charge in [-0.2, -0.15) is 11.8 Å². The first-order valence-electron chi connectivity index (χ1n) is 5.18. The van der Waals surface area contributed by atoms with Gasteiger partial charge in [-0.15, -0.1) is 0 Å². The quantitative estimate of drug-likeness (QED) is 0.778. The predicted molar refractivity (Wildman–Crippen MR) is 59.8 cm³/mol. The van der Waals surface area contributed by atoms with E-state index in [1.165, 1.54) is 5.75 Å². The van der Waals surface area contributed by atoms with Crippen LogP contribution in [0.1, 0.15) is 26.7 Å². The molecule has 0 amide bonds. The topological polar surface area (TPSA) is 40.5 Å². The first kappa shape index (κ1) is 11.9. The van der Waals surface area contributed by atoms with Crippen molar-refractivity contribution in [3.63, 3.8) is 0 Å². The van der Waals surface area contributed by atoms with Crippen molar-refractivity contribution in [2.75, 3.05) is 18.8 Å². The lowest BCUT2D eigenvalue weighted by atomic mass is 10.2. The zero-order valence-corrected chi connectivity index (χ0v) is 9.72. The fourth-order valence-corrected chi connectivity index (χ4v) is 2.91. The maximum Gasteiger partial charge on any atom is 0.303 e. The monoisotopic (exact) mass is 217 g/mol. The van der Waals surface area contributed by atoms with Gasteiger partial charge in [0, 0.05) is 30.0 Å². The average molecular weight is 217 g/mol. The van der Waals surface area contributed by atoms with Crippen molar-refractivity contribution in [3.05, 3.63) is 0 Å². The Kier molecular flexibility index (Phi) is 4.75. The number of nitrogens with zero attached hydrogens (tertiary/aromatic N) is 1. The van der Waals surface area contributed by atoms with Crippen molar-refractivity contribution in [1.29, 1.82) is 0 Å². The standard InChI is InChI=1S/C10H19NO2S/c1-8-9(2)14-7-6-11(8)5-3-4-10(12)13/h8-9H,3-7H2,1-2H3,(H,12,13)/t8-,9-/m1/s1. The molecule has 0 radical (unpaired) electrons. The molecule has 0 spiro atoms. The lowest BCUT2D eigenvalue weighted by molar-refractivity contribution is -0.137. The van der Waals surface area contributed by atoms with Crippen molar-refractivity contribution in [2.45, 2.75) is 38.0 Å². The zero-order valence-electron chi connectivity index (χ0n) is 8.90. The Morgan fingerprint density at radius 2 is 2.29 bits per heavy atom. The summed E-state index contributed by atoms with van der Waals surface area (Å²) in [5.74, 6) is 0.496. The third-order valence-corrected chi connectivity index (χ3v) is 4.19. The van der Waals surface area contributed by atoms with Gasteiger partial charge in [-0.1, -0.05) is 6.92 Å². The second-order valence-electron chi connectivity index (χ2n) is 3.85. The SMILES string of the molecule is C[C@@H]1[C@@H](C)SCCN1CCCC(=O)O. The Morgan fingerprint density at radius 1 is 1.57 bits per heavy atom. The van der Waals surface area contributed by atoms with E-state index in [0.717, 1.165) is 19.5 Å². The summed E-state index contributed by atoms with van der Waals surface area (Å²) in [5, 5.41) is 9.21. The molecule has 0 aromatic rings. The van der Waals surface area contributed by atoms with Crippen LogP contribution in [0.3, 0.4) is 0 Å². The molecule has 82 valence electrons. The third kappa shape index (κ3) is 3.50. The van der Waals surface area contributed by atoms with Gasteiger partial charge in [0.15, 0.2) is 0 Å². The molecule has 4 heteroatoms. The summed E-state index contributed by atoms with van der Waals surface area (Å²) in [6.45, 7) is 6.52. The number of hydrogen-bond donors (Lipinski definition) is 1. The Balaban J connectivity index is 2.25. The van der Waals surface area contributed by atoms with Gasteiger partial charge in [0.2, 0.25) is 0 Å². The van der Waals surface area contributed by atoms with Crippen LogP contribution in [0, 0.1) is 0 Å². The fourth-order valence-electron chi connectivity index (χ4n) is 1.74. The van der Waals surface area contributed by atoms with Gasteiger partial charge in [0.25, 0.3) is 0 Å². The Bertz CT molecular complexity index is 199. The molecule has 0 aromatic heterocycles. The van der Waals surface area contributed by atoms with E-state index in [1.54, 1.807) is 0 Å². The minimum atomic E-state index is -0.683. The highest BCUT2D eigenvalue weighted by Crippen LogP contribution is 2.24. The third-order valence-electron chi connectivity index (χ3n) is 2.85. The molecule has 0 unspecified atom stereocenters. The van der Waals surface area contributed by atoms with Gasteiger partial charge in [0.1, 0.15) is 0 Å². The highest BCUT2D eigenvalue weighted by Gasteiger charge is 2.24. The zero-order chi connectivity index (χ0) is 10.6. The van der Waals surface area contributed by atoms with Gasteiger partial charge < -0.3 is 5.11 Å². The van der Waals surface area contributed by atoms with Gasteiger partial charge in [-0.25, -0.2) is 0 Å². The summed E-state index contributed by atoms with van der Waals surface area (Å²) in [6.07, 6.45) is 1.07. The van der Waals surface area contributed by atoms with Crippen molar-refractivity contribution < 1.29 is 9.90 Å². The Labute approximate surface area is 89.9 Å². The first-order valence-corrected chi connectivity index (χ1v) is 6.23. The first-order chi connectivity index (χ1) is 6.61. The molecule has 3 nitrogen and oxygen atoms in total. The Hall–Kier alpha value is -0.220. The normalized spacial score (nSPS) is 29.0. The Morgan fingerprint density at radius 3 is 2.93 bits per heavy atom. The minimum Gasteiger partial charge on any atom is -0.481 e. The molecule has 2 atom stereocenters. The highest BCUT2D eigenvalue weighted by atomic mass is 32.2. The number of hydrogen-bond acceptors (Lipinski definition) is 3. The maximum absolute atomic E-state index is 10.4. The lowest BCUT2D eigenvalue weighted by Crippen LogP contribution is -2.45. The van der Waals surface area contributed by atoms with Crippen LogP contribution < -0.4 is 0 Å². The summed E-state index contributed by atoms with van der Waals surface area (Å²) < 4.78 is 0. The van der Waals surface area contributed by atoms with E-state index in [-0.39, 0.29) is 0 Å². The average Bonchev–Trinajstić information content (AvgIpc) is 2.12. The molecule has 1 heterocycles. The van der Waals surface area contributed by atoms with Crippen molar-refractivity contribution in [1.82, 2.24) is 4.90 Å². The van der Waals surface area contributed by atoms with E-state index >= 15 is 0 Å². The predicted octanol–water partition coefficient (Wildman–Crippen LogP) is 1.68. The van der Waals surface area contributed by atoms with E-state index < -0.39 is 5.97 Å². The van der Waals surface area contributed by atoms with Gasteiger partial charge in [-0.3, -0.25) is 9.69 Å². The molecule has 0 bridgehead atoms. The molecular weight excluding hydrogens is 198 g/mol. The molecule has 0 aromatic carbocycles.